The molecule has 1 aromatic rings. The SMILES string of the molecule is Cc1ccc([C@H](C)C(C)(C)C)s1. The van der Waals surface area contributed by atoms with Crippen molar-refractivity contribution in [3.05, 3.63) is 21.9 Å². The molecule has 0 bridgehead atoms. The van der Waals surface area contributed by atoms with E-state index in [1.807, 2.05) is 11.3 Å². The van der Waals surface area contributed by atoms with Gasteiger partial charge in [0.2, 0.25) is 0 Å². The molecule has 1 aromatic heterocycles. The fourth-order valence-electron chi connectivity index (χ4n) is 1.11. The molecule has 12 heavy (non-hydrogen) atoms. The summed E-state index contributed by atoms with van der Waals surface area (Å²) in [5.41, 5.74) is 0.386. The van der Waals surface area contributed by atoms with Gasteiger partial charge in [-0.1, -0.05) is 27.7 Å². The predicted molar refractivity (Wildman–Crippen MR) is 56.9 cm³/mol. The minimum absolute atomic E-state index is 0.386. The summed E-state index contributed by atoms with van der Waals surface area (Å²) >= 11 is 1.92. The Morgan fingerprint density at radius 3 is 2.17 bits per heavy atom. The van der Waals surface area contributed by atoms with Crippen LogP contribution in [0.1, 0.15) is 43.4 Å². The summed E-state index contributed by atoms with van der Waals surface area (Å²) in [5, 5.41) is 0. The van der Waals surface area contributed by atoms with Crippen LogP contribution in [0.5, 0.6) is 0 Å². The summed E-state index contributed by atoms with van der Waals surface area (Å²) in [6.45, 7) is 11.4. The molecule has 0 aliphatic heterocycles. The lowest BCUT2D eigenvalue weighted by Gasteiger charge is -2.26. The molecule has 1 heteroatoms. The normalized spacial score (nSPS) is 14.8. The van der Waals surface area contributed by atoms with Crippen LogP contribution in [0.25, 0.3) is 0 Å². The maximum absolute atomic E-state index is 2.31. The maximum atomic E-state index is 2.31. The molecule has 0 fully saturated rings. The molecule has 0 radical (unpaired) electrons. The van der Waals surface area contributed by atoms with E-state index in [1.165, 1.54) is 9.75 Å². The van der Waals surface area contributed by atoms with E-state index in [4.69, 9.17) is 0 Å². The highest BCUT2D eigenvalue weighted by Gasteiger charge is 2.22. The van der Waals surface area contributed by atoms with Gasteiger partial charge in [0, 0.05) is 9.75 Å². The Labute approximate surface area is 79.6 Å². The zero-order valence-corrected chi connectivity index (χ0v) is 9.46. The zero-order chi connectivity index (χ0) is 9.35. The fourth-order valence-corrected chi connectivity index (χ4v) is 2.29. The van der Waals surface area contributed by atoms with E-state index in [1.54, 1.807) is 0 Å². The van der Waals surface area contributed by atoms with E-state index < -0.39 is 0 Å². The van der Waals surface area contributed by atoms with Crippen molar-refractivity contribution in [2.24, 2.45) is 5.41 Å². The lowest BCUT2D eigenvalue weighted by atomic mass is 9.81. The molecule has 0 saturated heterocycles. The van der Waals surface area contributed by atoms with E-state index >= 15 is 0 Å². The van der Waals surface area contributed by atoms with Crippen molar-refractivity contribution in [2.45, 2.75) is 40.5 Å². The monoisotopic (exact) mass is 182 g/mol. The van der Waals surface area contributed by atoms with Crippen LogP contribution < -0.4 is 0 Å². The minimum atomic E-state index is 0.386. The van der Waals surface area contributed by atoms with E-state index in [9.17, 15) is 0 Å². The summed E-state index contributed by atoms with van der Waals surface area (Å²) in [4.78, 5) is 2.93. The van der Waals surface area contributed by atoms with Gasteiger partial charge in [-0.25, -0.2) is 0 Å². The van der Waals surface area contributed by atoms with Crippen molar-refractivity contribution in [2.75, 3.05) is 0 Å². The highest BCUT2D eigenvalue weighted by atomic mass is 32.1. The number of aryl methyl sites for hydroxylation is 1. The average molecular weight is 182 g/mol. The van der Waals surface area contributed by atoms with E-state index in [2.05, 4.69) is 46.8 Å². The van der Waals surface area contributed by atoms with Gasteiger partial charge in [0.1, 0.15) is 0 Å². The molecule has 0 aliphatic rings. The second-order valence-corrected chi connectivity index (χ2v) is 5.86. The largest absolute Gasteiger partial charge is 0.145 e. The third-order valence-electron chi connectivity index (χ3n) is 2.49. The molecule has 1 atom stereocenters. The summed E-state index contributed by atoms with van der Waals surface area (Å²) in [6, 6.07) is 4.47. The van der Waals surface area contributed by atoms with Gasteiger partial charge in [-0.15, -0.1) is 11.3 Å². The lowest BCUT2D eigenvalue weighted by molar-refractivity contribution is 0.343. The Morgan fingerprint density at radius 2 is 1.83 bits per heavy atom. The van der Waals surface area contributed by atoms with Gasteiger partial charge in [0.15, 0.2) is 0 Å². The highest BCUT2D eigenvalue weighted by molar-refractivity contribution is 7.12. The van der Waals surface area contributed by atoms with Gasteiger partial charge in [-0.05, 0) is 30.4 Å². The first-order valence-electron chi connectivity index (χ1n) is 4.47. The minimum Gasteiger partial charge on any atom is -0.145 e. The van der Waals surface area contributed by atoms with Crippen LogP contribution in [0.15, 0.2) is 12.1 Å². The fraction of sp³-hybridized carbons (Fsp3) is 0.636. The molecule has 0 aliphatic carbocycles. The first kappa shape index (κ1) is 9.79. The Bertz CT molecular complexity index is 252. The Hall–Kier alpha value is -0.300. The van der Waals surface area contributed by atoms with Crippen LogP contribution in [-0.4, -0.2) is 0 Å². The van der Waals surface area contributed by atoms with Crippen LogP contribution in [0.2, 0.25) is 0 Å². The van der Waals surface area contributed by atoms with E-state index in [-0.39, 0.29) is 0 Å². The van der Waals surface area contributed by atoms with E-state index in [0.717, 1.165) is 0 Å². The first-order chi connectivity index (χ1) is 5.41. The third kappa shape index (κ3) is 2.10. The van der Waals surface area contributed by atoms with Crippen LogP contribution in [0, 0.1) is 12.3 Å². The number of rotatable bonds is 1. The van der Waals surface area contributed by atoms with Gasteiger partial charge in [-0.2, -0.15) is 0 Å². The molecular weight excluding hydrogens is 164 g/mol. The van der Waals surface area contributed by atoms with Gasteiger partial charge in [0.25, 0.3) is 0 Å². The second-order valence-electron chi connectivity index (χ2n) is 4.54. The standard InChI is InChI=1S/C11H18S/c1-8-6-7-10(12-8)9(2)11(3,4)5/h6-7,9H,1-5H3/t9-/m0/s1. The number of hydrogen-bond donors (Lipinski definition) is 0. The van der Waals surface area contributed by atoms with Gasteiger partial charge < -0.3 is 0 Å². The lowest BCUT2D eigenvalue weighted by Crippen LogP contribution is -2.13. The van der Waals surface area contributed by atoms with Crippen LogP contribution in [0.4, 0.5) is 0 Å². The molecular formula is C11H18S. The van der Waals surface area contributed by atoms with Crippen LogP contribution in [0.3, 0.4) is 0 Å². The topological polar surface area (TPSA) is 0 Å². The van der Waals surface area contributed by atoms with Crippen molar-refractivity contribution in [1.82, 2.24) is 0 Å². The zero-order valence-electron chi connectivity index (χ0n) is 8.64. The molecule has 0 aromatic carbocycles. The predicted octanol–water partition coefficient (Wildman–Crippen LogP) is 4.21. The van der Waals surface area contributed by atoms with Crippen LogP contribution in [-0.2, 0) is 0 Å². The number of thiophene rings is 1. The van der Waals surface area contributed by atoms with Crippen LogP contribution >= 0.6 is 11.3 Å². The molecule has 68 valence electrons. The summed E-state index contributed by atoms with van der Waals surface area (Å²) in [7, 11) is 0. The highest BCUT2D eigenvalue weighted by Crippen LogP contribution is 2.37. The average Bonchev–Trinajstić information content (AvgIpc) is 2.32. The molecule has 0 N–H and O–H groups in total. The van der Waals surface area contributed by atoms with E-state index in [0.29, 0.717) is 11.3 Å². The maximum Gasteiger partial charge on any atom is 0.00814 e. The Kier molecular flexibility index (Phi) is 2.62. The first-order valence-corrected chi connectivity index (χ1v) is 5.29. The molecule has 0 nitrogen and oxygen atoms in total. The molecule has 1 heterocycles. The van der Waals surface area contributed by atoms with Gasteiger partial charge in [-0.3, -0.25) is 0 Å². The molecule has 0 spiro atoms. The Balaban J connectivity index is 2.85. The van der Waals surface area contributed by atoms with Crippen molar-refractivity contribution in [3.63, 3.8) is 0 Å². The molecule has 1 rings (SSSR count). The smallest absolute Gasteiger partial charge is 0.00814 e. The second kappa shape index (κ2) is 3.21. The number of hydrogen-bond acceptors (Lipinski definition) is 1. The van der Waals surface area contributed by atoms with Gasteiger partial charge >= 0.3 is 0 Å². The molecule has 0 amide bonds. The quantitative estimate of drug-likeness (QED) is 0.610. The van der Waals surface area contributed by atoms with Crippen molar-refractivity contribution in [3.8, 4) is 0 Å². The van der Waals surface area contributed by atoms with Gasteiger partial charge in [0.05, 0.1) is 0 Å². The summed E-state index contributed by atoms with van der Waals surface area (Å²) in [6.07, 6.45) is 0. The third-order valence-corrected chi connectivity index (χ3v) is 3.67. The Morgan fingerprint density at radius 1 is 1.25 bits per heavy atom. The van der Waals surface area contributed by atoms with Crippen molar-refractivity contribution in [1.29, 1.82) is 0 Å². The molecule has 0 unspecified atom stereocenters. The summed E-state index contributed by atoms with van der Waals surface area (Å²) < 4.78 is 0. The van der Waals surface area contributed by atoms with Crippen molar-refractivity contribution < 1.29 is 0 Å². The van der Waals surface area contributed by atoms with Crippen molar-refractivity contribution >= 4 is 11.3 Å². The molecule has 0 saturated carbocycles. The summed E-state index contributed by atoms with van der Waals surface area (Å²) in [5.74, 6) is 0.663.